The van der Waals surface area contributed by atoms with E-state index in [0.717, 1.165) is 16.8 Å². The molecule has 0 aromatic heterocycles. The Kier molecular flexibility index (Phi) is 5.09. The van der Waals surface area contributed by atoms with Crippen LogP contribution in [0, 0.1) is 5.82 Å². The standard InChI is InChI=1S/C21H19FN2O/c22-19-12-8-17(9-13-19)15-24(20-4-2-1-3-5-20)14-16-6-10-18(11-7-16)21(23)25/h1-13H,14-15H2,(H2,23,25). The molecule has 0 saturated heterocycles. The second-order valence-electron chi connectivity index (χ2n) is 5.88. The molecule has 3 rings (SSSR count). The first kappa shape index (κ1) is 16.7. The molecule has 0 saturated carbocycles. The number of rotatable bonds is 6. The van der Waals surface area contributed by atoms with Gasteiger partial charge in [0.25, 0.3) is 0 Å². The summed E-state index contributed by atoms with van der Waals surface area (Å²) >= 11 is 0. The van der Waals surface area contributed by atoms with Crippen LogP contribution in [0.3, 0.4) is 0 Å². The molecule has 3 nitrogen and oxygen atoms in total. The molecule has 3 aromatic rings. The predicted octanol–water partition coefficient (Wildman–Crippen LogP) is 4.13. The van der Waals surface area contributed by atoms with Gasteiger partial charge in [-0.05, 0) is 47.5 Å². The van der Waals surface area contributed by atoms with Crippen molar-refractivity contribution in [2.45, 2.75) is 13.1 Å². The lowest BCUT2D eigenvalue weighted by Crippen LogP contribution is -2.22. The lowest BCUT2D eigenvalue weighted by Gasteiger charge is -2.25. The first-order valence-electron chi connectivity index (χ1n) is 8.05. The summed E-state index contributed by atoms with van der Waals surface area (Å²) in [6.45, 7) is 1.32. The first-order chi connectivity index (χ1) is 12.1. The molecule has 0 spiro atoms. The number of nitrogens with zero attached hydrogens (tertiary/aromatic N) is 1. The molecule has 0 aliphatic heterocycles. The van der Waals surface area contributed by atoms with Crippen LogP contribution < -0.4 is 10.6 Å². The summed E-state index contributed by atoms with van der Waals surface area (Å²) in [6, 6.07) is 23.8. The van der Waals surface area contributed by atoms with Crippen LogP contribution in [0.4, 0.5) is 10.1 Å². The molecular weight excluding hydrogens is 315 g/mol. The van der Waals surface area contributed by atoms with E-state index in [1.165, 1.54) is 12.1 Å². The number of halogens is 1. The molecule has 0 heterocycles. The normalized spacial score (nSPS) is 10.4. The fraction of sp³-hybridized carbons (Fsp3) is 0.0952. The van der Waals surface area contributed by atoms with Gasteiger partial charge < -0.3 is 10.6 Å². The Morgan fingerprint density at radius 3 is 1.84 bits per heavy atom. The summed E-state index contributed by atoms with van der Waals surface area (Å²) in [7, 11) is 0. The SMILES string of the molecule is NC(=O)c1ccc(CN(Cc2ccc(F)cc2)c2ccccc2)cc1. The summed E-state index contributed by atoms with van der Waals surface area (Å²) in [5.74, 6) is -0.671. The summed E-state index contributed by atoms with van der Waals surface area (Å²) in [4.78, 5) is 13.4. The van der Waals surface area contributed by atoms with E-state index in [1.807, 2.05) is 42.5 Å². The number of primary amides is 1. The highest BCUT2D eigenvalue weighted by Gasteiger charge is 2.09. The van der Waals surface area contributed by atoms with Gasteiger partial charge in [-0.15, -0.1) is 0 Å². The summed E-state index contributed by atoms with van der Waals surface area (Å²) in [5, 5.41) is 0. The molecule has 4 heteroatoms. The second kappa shape index (κ2) is 7.62. The van der Waals surface area contributed by atoms with E-state index in [9.17, 15) is 9.18 Å². The highest BCUT2D eigenvalue weighted by Crippen LogP contribution is 2.20. The minimum Gasteiger partial charge on any atom is -0.366 e. The van der Waals surface area contributed by atoms with E-state index < -0.39 is 5.91 Å². The zero-order valence-corrected chi connectivity index (χ0v) is 13.7. The van der Waals surface area contributed by atoms with Crippen LogP contribution in [0.1, 0.15) is 21.5 Å². The number of amides is 1. The zero-order valence-electron chi connectivity index (χ0n) is 13.7. The quantitative estimate of drug-likeness (QED) is 0.737. The van der Waals surface area contributed by atoms with Crippen molar-refractivity contribution in [2.24, 2.45) is 5.73 Å². The minimum atomic E-state index is -0.433. The summed E-state index contributed by atoms with van der Waals surface area (Å²) in [6.07, 6.45) is 0. The van der Waals surface area contributed by atoms with Crippen LogP contribution in [0.5, 0.6) is 0 Å². The highest BCUT2D eigenvalue weighted by atomic mass is 19.1. The average molecular weight is 334 g/mol. The molecule has 0 radical (unpaired) electrons. The maximum atomic E-state index is 13.1. The molecule has 0 atom stereocenters. The van der Waals surface area contributed by atoms with Crippen molar-refractivity contribution < 1.29 is 9.18 Å². The van der Waals surface area contributed by atoms with Crippen molar-refractivity contribution >= 4 is 11.6 Å². The number of anilines is 1. The Morgan fingerprint density at radius 1 is 0.800 bits per heavy atom. The van der Waals surface area contributed by atoms with E-state index in [1.54, 1.807) is 24.3 Å². The number of para-hydroxylation sites is 1. The summed E-state index contributed by atoms with van der Waals surface area (Å²) in [5.41, 5.74) is 8.95. The van der Waals surface area contributed by atoms with Gasteiger partial charge in [-0.25, -0.2) is 4.39 Å². The summed E-state index contributed by atoms with van der Waals surface area (Å²) < 4.78 is 13.1. The van der Waals surface area contributed by atoms with Crippen molar-refractivity contribution in [3.8, 4) is 0 Å². The van der Waals surface area contributed by atoms with E-state index in [-0.39, 0.29) is 5.82 Å². The minimum absolute atomic E-state index is 0.239. The van der Waals surface area contributed by atoms with Gasteiger partial charge in [0.1, 0.15) is 5.82 Å². The van der Waals surface area contributed by atoms with Gasteiger partial charge in [0.05, 0.1) is 0 Å². The third kappa shape index (κ3) is 4.44. The van der Waals surface area contributed by atoms with Crippen molar-refractivity contribution in [3.05, 3.63) is 101 Å². The number of carbonyl (C=O) groups excluding carboxylic acids is 1. The van der Waals surface area contributed by atoms with Gasteiger partial charge in [-0.2, -0.15) is 0 Å². The molecular formula is C21H19FN2O. The van der Waals surface area contributed by atoms with Crippen LogP contribution in [0.25, 0.3) is 0 Å². The topological polar surface area (TPSA) is 46.3 Å². The third-order valence-corrected chi connectivity index (χ3v) is 4.02. The van der Waals surface area contributed by atoms with Crippen LogP contribution in [-0.2, 0) is 13.1 Å². The Hall–Kier alpha value is -3.14. The van der Waals surface area contributed by atoms with Crippen molar-refractivity contribution in [1.29, 1.82) is 0 Å². The molecule has 25 heavy (non-hydrogen) atoms. The van der Waals surface area contributed by atoms with Gasteiger partial charge in [0, 0.05) is 24.3 Å². The first-order valence-corrected chi connectivity index (χ1v) is 8.05. The number of benzene rings is 3. The Bertz CT molecular complexity index is 830. The Balaban J connectivity index is 1.83. The maximum Gasteiger partial charge on any atom is 0.248 e. The van der Waals surface area contributed by atoms with Crippen molar-refractivity contribution in [1.82, 2.24) is 0 Å². The number of carbonyl (C=O) groups is 1. The van der Waals surface area contributed by atoms with Gasteiger partial charge in [0.15, 0.2) is 0 Å². The van der Waals surface area contributed by atoms with Crippen LogP contribution >= 0.6 is 0 Å². The monoisotopic (exact) mass is 334 g/mol. The van der Waals surface area contributed by atoms with Gasteiger partial charge in [-0.3, -0.25) is 4.79 Å². The van der Waals surface area contributed by atoms with Crippen LogP contribution in [0.2, 0.25) is 0 Å². The van der Waals surface area contributed by atoms with E-state index >= 15 is 0 Å². The molecule has 0 aliphatic rings. The van der Waals surface area contributed by atoms with Gasteiger partial charge in [0.2, 0.25) is 5.91 Å². The number of nitrogens with two attached hydrogens (primary N) is 1. The van der Waals surface area contributed by atoms with Gasteiger partial charge >= 0.3 is 0 Å². The van der Waals surface area contributed by atoms with E-state index in [2.05, 4.69) is 4.90 Å². The van der Waals surface area contributed by atoms with Crippen molar-refractivity contribution in [3.63, 3.8) is 0 Å². The molecule has 0 unspecified atom stereocenters. The largest absolute Gasteiger partial charge is 0.366 e. The molecule has 126 valence electrons. The Labute approximate surface area is 146 Å². The molecule has 3 aromatic carbocycles. The van der Waals surface area contributed by atoms with E-state index in [4.69, 9.17) is 5.73 Å². The smallest absolute Gasteiger partial charge is 0.248 e. The van der Waals surface area contributed by atoms with Gasteiger partial charge in [-0.1, -0.05) is 42.5 Å². The highest BCUT2D eigenvalue weighted by molar-refractivity contribution is 5.92. The zero-order chi connectivity index (χ0) is 17.6. The van der Waals surface area contributed by atoms with Crippen LogP contribution in [-0.4, -0.2) is 5.91 Å². The molecule has 0 fully saturated rings. The Morgan fingerprint density at radius 2 is 1.32 bits per heavy atom. The molecule has 1 amide bonds. The van der Waals surface area contributed by atoms with Crippen molar-refractivity contribution in [2.75, 3.05) is 4.90 Å². The predicted molar refractivity (Wildman–Crippen MR) is 97.7 cm³/mol. The number of hydrogen-bond acceptors (Lipinski definition) is 2. The van der Waals surface area contributed by atoms with Crippen LogP contribution in [0.15, 0.2) is 78.9 Å². The second-order valence-corrected chi connectivity index (χ2v) is 5.88. The lowest BCUT2D eigenvalue weighted by atomic mass is 10.1. The molecule has 2 N–H and O–H groups in total. The third-order valence-electron chi connectivity index (χ3n) is 4.02. The average Bonchev–Trinajstić information content (AvgIpc) is 2.64. The fourth-order valence-electron chi connectivity index (χ4n) is 2.68. The maximum absolute atomic E-state index is 13.1. The fourth-order valence-corrected chi connectivity index (χ4v) is 2.68. The molecule has 0 aliphatic carbocycles. The number of hydrogen-bond donors (Lipinski definition) is 1. The molecule has 0 bridgehead atoms. The van der Waals surface area contributed by atoms with E-state index in [0.29, 0.717) is 18.7 Å². The lowest BCUT2D eigenvalue weighted by molar-refractivity contribution is 0.100.